The first-order valence-electron chi connectivity index (χ1n) is 5.98. The van der Waals surface area contributed by atoms with Crippen molar-refractivity contribution in [3.05, 3.63) is 35.6 Å². The van der Waals surface area contributed by atoms with Crippen molar-refractivity contribution in [2.24, 2.45) is 0 Å². The maximum absolute atomic E-state index is 12.8. The van der Waals surface area contributed by atoms with Crippen LogP contribution in [0.25, 0.3) is 0 Å². The molecule has 1 heterocycles. The van der Waals surface area contributed by atoms with Gasteiger partial charge in [-0.2, -0.15) is 0 Å². The molecule has 0 amide bonds. The van der Waals surface area contributed by atoms with E-state index in [2.05, 4.69) is 17.6 Å². The number of benzene rings is 1. The Morgan fingerprint density at radius 2 is 1.82 bits per heavy atom. The molecule has 0 aromatic heterocycles. The standard InChI is InChI=1S/C13H19FN2.ClH/c1-10(11-2-4-12(14)5-3-11)16-13-6-8-15-9-7-13;/h2-5,10,13,15-16H,6-9H2,1H3;1H. The maximum atomic E-state index is 12.8. The number of hydrogen-bond acceptors (Lipinski definition) is 2. The molecule has 1 unspecified atom stereocenters. The Hall–Kier alpha value is -0.640. The molecule has 0 spiro atoms. The van der Waals surface area contributed by atoms with Crippen molar-refractivity contribution in [2.45, 2.75) is 31.8 Å². The molecular weight excluding hydrogens is 239 g/mol. The summed E-state index contributed by atoms with van der Waals surface area (Å²) in [4.78, 5) is 0. The molecular formula is C13H20ClFN2. The van der Waals surface area contributed by atoms with Crippen LogP contribution in [0.4, 0.5) is 4.39 Å². The van der Waals surface area contributed by atoms with Crippen molar-refractivity contribution >= 4 is 12.4 Å². The average Bonchev–Trinajstić information content (AvgIpc) is 2.31. The third kappa shape index (κ3) is 4.26. The second-order valence-corrected chi connectivity index (χ2v) is 4.46. The summed E-state index contributed by atoms with van der Waals surface area (Å²) in [6.07, 6.45) is 2.34. The SMILES string of the molecule is CC(NC1CCNCC1)c1ccc(F)cc1.Cl. The van der Waals surface area contributed by atoms with Crippen molar-refractivity contribution in [2.75, 3.05) is 13.1 Å². The lowest BCUT2D eigenvalue weighted by Crippen LogP contribution is -2.40. The van der Waals surface area contributed by atoms with Gasteiger partial charge in [0.15, 0.2) is 0 Å². The van der Waals surface area contributed by atoms with Crippen LogP contribution in [0.5, 0.6) is 0 Å². The van der Waals surface area contributed by atoms with Gasteiger partial charge in [0.2, 0.25) is 0 Å². The molecule has 1 aromatic rings. The van der Waals surface area contributed by atoms with E-state index in [1.165, 1.54) is 25.0 Å². The largest absolute Gasteiger partial charge is 0.317 e. The lowest BCUT2D eigenvalue weighted by atomic mass is 10.0. The normalized spacial score (nSPS) is 18.5. The van der Waals surface area contributed by atoms with Gasteiger partial charge in [0.25, 0.3) is 0 Å². The zero-order chi connectivity index (χ0) is 11.4. The van der Waals surface area contributed by atoms with E-state index in [-0.39, 0.29) is 18.2 Å². The monoisotopic (exact) mass is 258 g/mol. The quantitative estimate of drug-likeness (QED) is 0.871. The second-order valence-electron chi connectivity index (χ2n) is 4.46. The minimum atomic E-state index is -0.169. The Bertz CT molecular complexity index is 323. The van der Waals surface area contributed by atoms with Crippen molar-refractivity contribution in [3.63, 3.8) is 0 Å². The zero-order valence-electron chi connectivity index (χ0n) is 10.1. The first kappa shape index (κ1) is 14.4. The summed E-state index contributed by atoms with van der Waals surface area (Å²) in [5, 5.41) is 6.94. The molecule has 0 bridgehead atoms. The second kappa shape index (κ2) is 6.94. The van der Waals surface area contributed by atoms with Gasteiger partial charge in [0.1, 0.15) is 5.82 Å². The van der Waals surface area contributed by atoms with Crippen molar-refractivity contribution in [1.29, 1.82) is 0 Å². The van der Waals surface area contributed by atoms with E-state index in [0.29, 0.717) is 12.1 Å². The highest BCUT2D eigenvalue weighted by Gasteiger charge is 2.15. The summed E-state index contributed by atoms with van der Waals surface area (Å²) in [7, 11) is 0. The fourth-order valence-electron chi connectivity index (χ4n) is 2.19. The molecule has 2 N–H and O–H groups in total. The molecule has 1 aliphatic rings. The predicted octanol–water partition coefficient (Wildman–Crippen LogP) is 2.65. The topological polar surface area (TPSA) is 24.1 Å². The molecule has 0 aliphatic carbocycles. The molecule has 1 fully saturated rings. The predicted molar refractivity (Wildman–Crippen MR) is 71.1 cm³/mol. The fourth-order valence-corrected chi connectivity index (χ4v) is 2.19. The highest BCUT2D eigenvalue weighted by atomic mass is 35.5. The number of nitrogens with one attached hydrogen (secondary N) is 2. The molecule has 1 aromatic carbocycles. The summed E-state index contributed by atoms with van der Waals surface area (Å²) >= 11 is 0. The van der Waals surface area contributed by atoms with E-state index in [1.807, 2.05) is 12.1 Å². The molecule has 4 heteroatoms. The molecule has 1 atom stereocenters. The van der Waals surface area contributed by atoms with Crippen LogP contribution >= 0.6 is 12.4 Å². The fraction of sp³-hybridized carbons (Fsp3) is 0.538. The highest BCUT2D eigenvalue weighted by molar-refractivity contribution is 5.85. The zero-order valence-corrected chi connectivity index (χ0v) is 10.9. The first-order chi connectivity index (χ1) is 7.75. The van der Waals surface area contributed by atoms with Gasteiger partial charge in [-0.3, -0.25) is 0 Å². The summed E-state index contributed by atoms with van der Waals surface area (Å²) in [5.74, 6) is -0.169. The van der Waals surface area contributed by atoms with Gasteiger partial charge >= 0.3 is 0 Å². The molecule has 2 nitrogen and oxygen atoms in total. The minimum Gasteiger partial charge on any atom is -0.317 e. The minimum absolute atomic E-state index is 0. The Labute approximate surface area is 108 Å². The van der Waals surface area contributed by atoms with Crippen LogP contribution in [0.1, 0.15) is 31.4 Å². The maximum Gasteiger partial charge on any atom is 0.123 e. The van der Waals surface area contributed by atoms with E-state index in [1.54, 1.807) is 0 Å². The molecule has 2 rings (SSSR count). The third-order valence-corrected chi connectivity index (χ3v) is 3.19. The number of halogens is 2. The smallest absolute Gasteiger partial charge is 0.123 e. The average molecular weight is 259 g/mol. The van der Waals surface area contributed by atoms with Crippen LogP contribution < -0.4 is 10.6 Å². The number of hydrogen-bond donors (Lipinski definition) is 2. The van der Waals surface area contributed by atoms with Crippen molar-refractivity contribution in [1.82, 2.24) is 10.6 Å². The molecule has 17 heavy (non-hydrogen) atoms. The number of rotatable bonds is 3. The molecule has 0 radical (unpaired) electrons. The first-order valence-corrected chi connectivity index (χ1v) is 5.98. The van der Waals surface area contributed by atoms with Crippen LogP contribution in [-0.4, -0.2) is 19.1 Å². The van der Waals surface area contributed by atoms with Gasteiger partial charge in [-0.1, -0.05) is 12.1 Å². The van der Waals surface area contributed by atoms with Gasteiger partial charge in [-0.25, -0.2) is 4.39 Å². The summed E-state index contributed by atoms with van der Waals surface area (Å²) in [6, 6.07) is 7.64. The molecule has 1 aliphatic heterocycles. The number of piperidine rings is 1. The van der Waals surface area contributed by atoms with Gasteiger partial charge in [0, 0.05) is 12.1 Å². The molecule has 96 valence electrons. The van der Waals surface area contributed by atoms with Gasteiger partial charge in [-0.05, 0) is 50.6 Å². The van der Waals surface area contributed by atoms with E-state index >= 15 is 0 Å². The van der Waals surface area contributed by atoms with Gasteiger partial charge < -0.3 is 10.6 Å². The van der Waals surface area contributed by atoms with Crippen LogP contribution in [-0.2, 0) is 0 Å². The van der Waals surface area contributed by atoms with Crippen molar-refractivity contribution in [3.8, 4) is 0 Å². The van der Waals surface area contributed by atoms with E-state index in [9.17, 15) is 4.39 Å². The Morgan fingerprint density at radius 1 is 1.24 bits per heavy atom. The van der Waals surface area contributed by atoms with Crippen LogP contribution in [0.3, 0.4) is 0 Å². The summed E-state index contributed by atoms with van der Waals surface area (Å²) in [5.41, 5.74) is 1.15. The highest BCUT2D eigenvalue weighted by Crippen LogP contribution is 2.15. The van der Waals surface area contributed by atoms with Crippen LogP contribution in [0.15, 0.2) is 24.3 Å². The van der Waals surface area contributed by atoms with Gasteiger partial charge in [0.05, 0.1) is 0 Å². The third-order valence-electron chi connectivity index (χ3n) is 3.19. The van der Waals surface area contributed by atoms with Gasteiger partial charge in [-0.15, -0.1) is 12.4 Å². The Morgan fingerprint density at radius 3 is 2.41 bits per heavy atom. The van der Waals surface area contributed by atoms with E-state index in [4.69, 9.17) is 0 Å². The molecule has 0 saturated carbocycles. The summed E-state index contributed by atoms with van der Waals surface area (Å²) < 4.78 is 12.8. The van der Waals surface area contributed by atoms with Crippen molar-refractivity contribution < 1.29 is 4.39 Å². The Balaban J connectivity index is 0.00000144. The lowest BCUT2D eigenvalue weighted by Gasteiger charge is -2.27. The van der Waals surface area contributed by atoms with Crippen LogP contribution in [0.2, 0.25) is 0 Å². The van der Waals surface area contributed by atoms with Crippen LogP contribution in [0, 0.1) is 5.82 Å². The summed E-state index contributed by atoms with van der Waals surface area (Å²) in [6.45, 7) is 4.32. The lowest BCUT2D eigenvalue weighted by molar-refractivity contribution is 0.359. The molecule has 1 saturated heterocycles. The van der Waals surface area contributed by atoms with E-state index < -0.39 is 0 Å². The van der Waals surface area contributed by atoms with E-state index in [0.717, 1.165) is 18.7 Å². The Kier molecular flexibility index (Phi) is 5.89.